The predicted molar refractivity (Wildman–Crippen MR) is 123 cm³/mol. The van der Waals surface area contributed by atoms with Gasteiger partial charge in [0.25, 0.3) is 0 Å². The maximum absolute atomic E-state index is 12.8. The Hall–Kier alpha value is -4.26. The molecule has 0 saturated carbocycles. The van der Waals surface area contributed by atoms with Crippen LogP contribution in [0.1, 0.15) is 5.56 Å². The van der Waals surface area contributed by atoms with Crippen LogP contribution in [0.4, 0.5) is 0 Å². The van der Waals surface area contributed by atoms with Crippen LogP contribution in [-0.2, 0) is 11.2 Å². The minimum atomic E-state index is -0.418. The molecule has 0 saturated heterocycles. The molecule has 0 amide bonds. The van der Waals surface area contributed by atoms with E-state index in [-0.39, 0.29) is 17.6 Å². The van der Waals surface area contributed by atoms with Gasteiger partial charge in [0.15, 0.2) is 16.9 Å². The zero-order chi connectivity index (χ0) is 23.4. The highest BCUT2D eigenvalue weighted by molar-refractivity contribution is 5.82. The number of rotatable bonds is 7. The topological polar surface area (TPSA) is 84.2 Å². The predicted octanol–water partition coefficient (Wildman–Crippen LogP) is 4.63. The van der Waals surface area contributed by atoms with Crippen molar-refractivity contribution in [3.8, 4) is 34.3 Å². The molecule has 1 aromatic heterocycles. The lowest BCUT2D eigenvalue weighted by molar-refractivity contribution is -0.133. The molecule has 7 nitrogen and oxygen atoms in total. The van der Waals surface area contributed by atoms with Crippen LogP contribution in [0.5, 0.6) is 23.0 Å². The molecule has 7 heteroatoms. The third-order valence-electron chi connectivity index (χ3n) is 5.07. The summed E-state index contributed by atoms with van der Waals surface area (Å²) >= 11 is 0. The fourth-order valence-corrected chi connectivity index (χ4v) is 3.49. The first kappa shape index (κ1) is 22.0. The van der Waals surface area contributed by atoms with E-state index in [1.54, 1.807) is 24.3 Å². The first-order chi connectivity index (χ1) is 16.0. The van der Waals surface area contributed by atoms with Crippen LogP contribution < -0.4 is 24.4 Å². The maximum atomic E-state index is 12.8. The van der Waals surface area contributed by atoms with Gasteiger partial charge in [-0.05, 0) is 35.9 Å². The SMILES string of the molecule is COc1cc(-c2cc(=O)c3cc(OC(=O)Cc4ccccc4)ccc3o2)cc(OC)c1OC. The molecule has 0 aliphatic carbocycles. The molecule has 0 bridgehead atoms. The lowest BCUT2D eigenvalue weighted by Gasteiger charge is -2.14. The summed E-state index contributed by atoms with van der Waals surface area (Å²) < 4.78 is 27.5. The number of hydrogen-bond acceptors (Lipinski definition) is 7. The maximum Gasteiger partial charge on any atom is 0.315 e. The number of methoxy groups -OCH3 is 3. The molecule has 4 rings (SSSR count). The van der Waals surface area contributed by atoms with Crippen LogP contribution in [0.25, 0.3) is 22.3 Å². The number of fused-ring (bicyclic) bond motifs is 1. The van der Waals surface area contributed by atoms with Crippen molar-refractivity contribution in [3.63, 3.8) is 0 Å². The van der Waals surface area contributed by atoms with Crippen molar-refractivity contribution < 1.29 is 28.2 Å². The van der Waals surface area contributed by atoms with E-state index < -0.39 is 5.97 Å². The Morgan fingerprint density at radius 2 is 1.55 bits per heavy atom. The lowest BCUT2D eigenvalue weighted by Crippen LogP contribution is -2.11. The lowest BCUT2D eigenvalue weighted by atomic mass is 10.1. The van der Waals surface area contributed by atoms with Gasteiger partial charge in [-0.15, -0.1) is 0 Å². The Morgan fingerprint density at radius 3 is 2.18 bits per heavy atom. The Labute approximate surface area is 190 Å². The number of carbonyl (C=O) groups is 1. The zero-order valence-electron chi connectivity index (χ0n) is 18.4. The number of benzene rings is 3. The highest BCUT2D eigenvalue weighted by Crippen LogP contribution is 2.41. The Kier molecular flexibility index (Phi) is 6.31. The Bertz CT molecular complexity index is 1330. The third kappa shape index (κ3) is 4.67. The monoisotopic (exact) mass is 446 g/mol. The fourth-order valence-electron chi connectivity index (χ4n) is 3.49. The number of carbonyl (C=O) groups excluding carboxylic acids is 1. The van der Waals surface area contributed by atoms with Gasteiger partial charge in [-0.1, -0.05) is 30.3 Å². The largest absolute Gasteiger partial charge is 0.493 e. The van der Waals surface area contributed by atoms with Crippen molar-refractivity contribution in [3.05, 3.63) is 82.5 Å². The van der Waals surface area contributed by atoms with Gasteiger partial charge >= 0.3 is 5.97 Å². The van der Waals surface area contributed by atoms with E-state index in [0.29, 0.717) is 39.5 Å². The van der Waals surface area contributed by atoms with Crippen LogP contribution in [0.15, 0.2) is 75.9 Å². The summed E-state index contributed by atoms with van der Waals surface area (Å²) in [7, 11) is 4.54. The van der Waals surface area contributed by atoms with Crippen molar-refractivity contribution in [1.82, 2.24) is 0 Å². The van der Waals surface area contributed by atoms with Gasteiger partial charge in [0.2, 0.25) is 5.75 Å². The Morgan fingerprint density at radius 1 is 0.848 bits per heavy atom. The van der Waals surface area contributed by atoms with E-state index in [1.807, 2.05) is 30.3 Å². The van der Waals surface area contributed by atoms with Crippen molar-refractivity contribution in [1.29, 1.82) is 0 Å². The number of esters is 1. The Balaban J connectivity index is 1.65. The second-order valence-electron chi connectivity index (χ2n) is 7.18. The van der Waals surface area contributed by atoms with Crippen LogP contribution >= 0.6 is 0 Å². The molecule has 1 heterocycles. The van der Waals surface area contributed by atoms with Gasteiger partial charge in [0.05, 0.1) is 33.1 Å². The minimum Gasteiger partial charge on any atom is -0.493 e. The average molecular weight is 446 g/mol. The van der Waals surface area contributed by atoms with Crippen LogP contribution in [-0.4, -0.2) is 27.3 Å². The fraction of sp³-hybridized carbons (Fsp3) is 0.154. The first-order valence-electron chi connectivity index (χ1n) is 10.1. The summed E-state index contributed by atoms with van der Waals surface area (Å²) in [5, 5.41) is 0.302. The summed E-state index contributed by atoms with van der Waals surface area (Å²) in [5.41, 5.74) is 1.51. The van der Waals surface area contributed by atoms with Crippen LogP contribution in [0, 0.1) is 0 Å². The average Bonchev–Trinajstić information content (AvgIpc) is 2.83. The quantitative estimate of drug-likeness (QED) is 0.302. The molecule has 168 valence electrons. The molecule has 0 spiro atoms. The summed E-state index contributed by atoms with van der Waals surface area (Å²) in [6, 6.07) is 18.8. The van der Waals surface area contributed by atoms with E-state index in [4.69, 9.17) is 23.4 Å². The van der Waals surface area contributed by atoms with Gasteiger partial charge in [-0.3, -0.25) is 9.59 Å². The van der Waals surface area contributed by atoms with Crippen LogP contribution in [0.2, 0.25) is 0 Å². The van der Waals surface area contributed by atoms with E-state index in [0.717, 1.165) is 5.56 Å². The van der Waals surface area contributed by atoms with Crippen LogP contribution in [0.3, 0.4) is 0 Å². The molecule has 0 atom stereocenters. The summed E-state index contributed by atoms with van der Waals surface area (Å²) in [6.07, 6.45) is 0.132. The zero-order valence-corrected chi connectivity index (χ0v) is 18.4. The smallest absolute Gasteiger partial charge is 0.315 e. The van der Waals surface area contributed by atoms with E-state index in [9.17, 15) is 9.59 Å². The van der Waals surface area contributed by atoms with E-state index in [2.05, 4.69) is 0 Å². The van der Waals surface area contributed by atoms with E-state index in [1.165, 1.54) is 33.5 Å². The molecule has 4 aromatic rings. The molecule has 3 aromatic carbocycles. The molecular weight excluding hydrogens is 424 g/mol. The summed E-state index contributed by atoms with van der Waals surface area (Å²) in [6.45, 7) is 0. The summed E-state index contributed by atoms with van der Waals surface area (Å²) in [5.74, 6) is 1.51. The minimum absolute atomic E-state index is 0.132. The normalized spacial score (nSPS) is 10.6. The van der Waals surface area contributed by atoms with Crippen molar-refractivity contribution in [2.24, 2.45) is 0 Å². The van der Waals surface area contributed by atoms with Gasteiger partial charge in [0.1, 0.15) is 17.1 Å². The number of hydrogen-bond donors (Lipinski definition) is 0. The second kappa shape index (κ2) is 9.48. The number of ether oxygens (including phenoxy) is 4. The molecule has 33 heavy (non-hydrogen) atoms. The van der Waals surface area contributed by atoms with Crippen molar-refractivity contribution in [2.45, 2.75) is 6.42 Å². The van der Waals surface area contributed by atoms with E-state index >= 15 is 0 Å². The third-order valence-corrected chi connectivity index (χ3v) is 5.07. The van der Waals surface area contributed by atoms with Crippen molar-refractivity contribution in [2.75, 3.05) is 21.3 Å². The van der Waals surface area contributed by atoms with Gasteiger partial charge in [0, 0.05) is 11.6 Å². The van der Waals surface area contributed by atoms with Gasteiger partial charge in [-0.2, -0.15) is 0 Å². The van der Waals surface area contributed by atoms with Gasteiger partial charge in [-0.25, -0.2) is 0 Å². The standard InChI is InChI=1S/C26H22O7/c1-29-23-12-17(13-24(30-2)26(23)31-3)22-15-20(27)19-14-18(9-10-21(19)33-22)32-25(28)11-16-7-5-4-6-8-16/h4-10,12-15H,11H2,1-3H3. The molecule has 0 aliphatic rings. The van der Waals surface area contributed by atoms with Crippen molar-refractivity contribution >= 4 is 16.9 Å². The molecule has 0 unspecified atom stereocenters. The molecule has 0 radical (unpaired) electrons. The molecule has 0 fully saturated rings. The summed E-state index contributed by atoms with van der Waals surface area (Å²) in [4.78, 5) is 25.1. The molecule has 0 aliphatic heterocycles. The highest BCUT2D eigenvalue weighted by atomic mass is 16.5. The first-order valence-corrected chi connectivity index (χ1v) is 10.1. The van der Waals surface area contributed by atoms with Gasteiger partial charge < -0.3 is 23.4 Å². The molecular formula is C26H22O7. The highest BCUT2D eigenvalue weighted by Gasteiger charge is 2.17. The second-order valence-corrected chi connectivity index (χ2v) is 7.18. The molecule has 0 N–H and O–H groups in total.